The van der Waals surface area contributed by atoms with Crippen molar-refractivity contribution in [2.45, 2.75) is 38.5 Å². The van der Waals surface area contributed by atoms with Gasteiger partial charge in [-0.1, -0.05) is 38.5 Å². The van der Waals surface area contributed by atoms with Crippen molar-refractivity contribution < 1.29 is 0 Å². The van der Waals surface area contributed by atoms with Crippen molar-refractivity contribution >= 4 is 5.69 Å². The van der Waals surface area contributed by atoms with Gasteiger partial charge in [0.1, 0.15) is 0 Å². The molecular formula is C11H18N2. The van der Waals surface area contributed by atoms with Gasteiger partial charge in [-0.3, -0.25) is 4.98 Å². The number of nitrogens with two attached hydrogens (primary N) is 1. The van der Waals surface area contributed by atoms with Crippen molar-refractivity contribution in [2.75, 3.05) is 5.73 Å². The normalized spacial score (nSPS) is 15.7. The molecular weight excluding hydrogens is 160 g/mol. The van der Waals surface area contributed by atoms with E-state index in [0.29, 0.717) is 5.69 Å². The van der Waals surface area contributed by atoms with E-state index in [1.807, 2.05) is 0 Å². The highest BCUT2D eigenvalue weighted by Gasteiger charge is 1.95. The number of aromatic nitrogens is 1. The van der Waals surface area contributed by atoms with Gasteiger partial charge >= 0.3 is 0 Å². The first-order valence-electron chi connectivity index (χ1n) is 5.05. The van der Waals surface area contributed by atoms with Crippen molar-refractivity contribution in [1.82, 2.24) is 4.98 Å². The lowest BCUT2D eigenvalue weighted by Crippen LogP contribution is -1.85. The average molecular weight is 178 g/mol. The fourth-order valence-electron chi connectivity index (χ4n) is 1.44. The Bertz CT molecular complexity index is 193. The molecule has 1 fully saturated rings. The minimum Gasteiger partial charge on any atom is -0.397 e. The molecule has 1 heterocycles. The minimum atomic E-state index is 0.711. The number of pyridine rings is 1. The summed E-state index contributed by atoms with van der Waals surface area (Å²) in [4.78, 5) is 3.76. The van der Waals surface area contributed by atoms with Gasteiger partial charge in [-0.05, 0) is 12.1 Å². The topological polar surface area (TPSA) is 38.9 Å². The molecule has 1 aromatic heterocycles. The Morgan fingerprint density at radius 3 is 1.77 bits per heavy atom. The molecule has 0 aromatic carbocycles. The lowest BCUT2D eigenvalue weighted by atomic mass is 10.0. The summed E-state index contributed by atoms with van der Waals surface area (Å²) in [6, 6.07) is 3.60. The minimum absolute atomic E-state index is 0.711. The highest BCUT2D eigenvalue weighted by molar-refractivity contribution is 5.32. The highest BCUT2D eigenvalue weighted by Crippen LogP contribution is 2.15. The van der Waals surface area contributed by atoms with Gasteiger partial charge in [0.15, 0.2) is 0 Å². The molecule has 0 atom stereocenters. The van der Waals surface area contributed by atoms with E-state index in [4.69, 9.17) is 5.73 Å². The third-order valence-electron chi connectivity index (χ3n) is 2.18. The zero-order chi connectivity index (χ0) is 9.36. The SMILES string of the molecule is C1CCCCC1.Nc1cccnc1. The van der Waals surface area contributed by atoms with E-state index >= 15 is 0 Å². The van der Waals surface area contributed by atoms with Crippen LogP contribution in [0, 0.1) is 0 Å². The first-order chi connectivity index (χ1) is 6.39. The molecule has 72 valence electrons. The van der Waals surface area contributed by atoms with Gasteiger partial charge in [0.2, 0.25) is 0 Å². The van der Waals surface area contributed by atoms with Crippen LogP contribution in [0.25, 0.3) is 0 Å². The number of hydrogen-bond donors (Lipinski definition) is 1. The zero-order valence-corrected chi connectivity index (χ0v) is 8.08. The monoisotopic (exact) mass is 178 g/mol. The standard InChI is InChI=1S/C6H12.C5H6N2/c1-2-4-6-5-3-1;6-5-2-1-3-7-4-5/h1-6H2;1-4H,6H2. The van der Waals surface area contributed by atoms with E-state index in [2.05, 4.69) is 4.98 Å². The van der Waals surface area contributed by atoms with Gasteiger partial charge < -0.3 is 5.73 Å². The smallest absolute Gasteiger partial charge is 0.0500 e. The summed E-state index contributed by atoms with van der Waals surface area (Å²) in [6.07, 6.45) is 12.3. The molecule has 1 aliphatic carbocycles. The fraction of sp³-hybridized carbons (Fsp3) is 0.545. The van der Waals surface area contributed by atoms with Crippen LogP contribution in [0.1, 0.15) is 38.5 Å². The molecule has 1 saturated carbocycles. The molecule has 0 spiro atoms. The maximum Gasteiger partial charge on any atom is 0.0500 e. The van der Waals surface area contributed by atoms with Crippen molar-refractivity contribution in [3.05, 3.63) is 24.5 Å². The van der Waals surface area contributed by atoms with Crippen LogP contribution in [0.3, 0.4) is 0 Å². The summed E-state index contributed by atoms with van der Waals surface area (Å²) in [7, 11) is 0. The predicted octanol–water partition coefficient (Wildman–Crippen LogP) is 3.00. The molecule has 1 aromatic rings. The quantitative estimate of drug-likeness (QED) is 0.663. The van der Waals surface area contributed by atoms with Crippen LogP contribution in [0.5, 0.6) is 0 Å². The molecule has 2 rings (SSSR count). The van der Waals surface area contributed by atoms with Crippen LogP contribution in [-0.2, 0) is 0 Å². The van der Waals surface area contributed by atoms with E-state index in [0.717, 1.165) is 0 Å². The average Bonchev–Trinajstić information content (AvgIpc) is 2.22. The van der Waals surface area contributed by atoms with E-state index in [9.17, 15) is 0 Å². The molecule has 2 nitrogen and oxygen atoms in total. The Morgan fingerprint density at radius 2 is 1.54 bits per heavy atom. The van der Waals surface area contributed by atoms with Crippen LogP contribution in [0.15, 0.2) is 24.5 Å². The van der Waals surface area contributed by atoms with Crippen molar-refractivity contribution in [3.8, 4) is 0 Å². The Morgan fingerprint density at radius 1 is 1.00 bits per heavy atom. The molecule has 0 unspecified atom stereocenters. The summed E-state index contributed by atoms with van der Waals surface area (Å²) in [5, 5.41) is 0. The lowest BCUT2D eigenvalue weighted by Gasteiger charge is -2.05. The van der Waals surface area contributed by atoms with Crippen molar-refractivity contribution in [3.63, 3.8) is 0 Å². The Hall–Kier alpha value is -1.05. The third kappa shape index (κ3) is 5.23. The maximum atomic E-state index is 5.30. The van der Waals surface area contributed by atoms with Crippen LogP contribution >= 0.6 is 0 Å². The second-order valence-corrected chi connectivity index (χ2v) is 3.41. The summed E-state index contributed by atoms with van der Waals surface area (Å²) < 4.78 is 0. The molecule has 0 amide bonds. The second kappa shape index (κ2) is 6.46. The number of rotatable bonds is 0. The van der Waals surface area contributed by atoms with Gasteiger partial charge in [-0.25, -0.2) is 0 Å². The summed E-state index contributed by atoms with van der Waals surface area (Å²) in [6.45, 7) is 0. The van der Waals surface area contributed by atoms with Crippen LogP contribution < -0.4 is 5.73 Å². The number of anilines is 1. The Kier molecular flexibility index (Phi) is 4.99. The first kappa shape index (κ1) is 10.0. The highest BCUT2D eigenvalue weighted by atomic mass is 14.7. The lowest BCUT2D eigenvalue weighted by molar-refractivity contribution is 0.504. The third-order valence-corrected chi connectivity index (χ3v) is 2.18. The number of nitrogen functional groups attached to an aromatic ring is 1. The van der Waals surface area contributed by atoms with Gasteiger partial charge in [0.05, 0.1) is 5.69 Å². The largest absolute Gasteiger partial charge is 0.397 e. The fourth-order valence-corrected chi connectivity index (χ4v) is 1.44. The van der Waals surface area contributed by atoms with Crippen LogP contribution in [-0.4, -0.2) is 4.98 Å². The summed E-state index contributed by atoms with van der Waals surface area (Å²) >= 11 is 0. The molecule has 0 radical (unpaired) electrons. The molecule has 2 N–H and O–H groups in total. The first-order valence-corrected chi connectivity index (χ1v) is 5.05. The molecule has 0 aliphatic heterocycles. The number of nitrogens with zero attached hydrogens (tertiary/aromatic N) is 1. The van der Waals surface area contributed by atoms with E-state index in [-0.39, 0.29) is 0 Å². The van der Waals surface area contributed by atoms with E-state index in [1.165, 1.54) is 38.5 Å². The van der Waals surface area contributed by atoms with Crippen molar-refractivity contribution in [1.29, 1.82) is 0 Å². The summed E-state index contributed by atoms with van der Waals surface area (Å²) in [5.41, 5.74) is 6.01. The second-order valence-electron chi connectivity index (χ2n) is 3.41. The maximum absolute atomic E-state index is 5.30. The molecule has 2 heteroatoms. The molecule has 13 heavy (non-hydrogen) atoms. The molecule has 0 saturated heterocycles. The van der Waals surface area contributed by atoms with Gasteiger partial charge in [-0.2, -0.15) is 0 Å². The Labute approximate surface area is 80.2 Å². The molecule has 0 bridgehead atoms. The van der Waals surface area contributed by atoms with Crippen LogP contribution in [0.2, 0.25) is 0 Å². The van der Waals surface area contributed by atoms with Crippen molar-refractivity contribution in [2.24, 2.45) is 0 Å². The number of hydrogen-bond acceptors (Lipinski definition) is 2. The summed E-state index contributed by atoms with van der Waals surface area (Å²) in [5.74, 6) is 0. The van der Waals surface area contributed by atoms with Crippen LogP contribution in [0.4, 0.5) is 5.69 Å². The van der Waals surface area contributed by atoms with E-state index < -0.39 is 0 Å². The van der Waals surface area contributed by atoms with E-state index in [1.54, 1.807) is 24.5 Å². The molecule has 1 aliphatic rings. The van der Waals surface area contributed by atoms with Gasteiger partial charge in [0, 0.05) is 12.4 Å². The van der Waals surface area contributed by atoms with Gasteiger partial charge in [-0.15, -0.1) is 0 Å². The predicted molar refractivity (Wildman–Crippen MR) is 56.4 cm³/mol. The zero-order valence-electron chi connectivity index (χ0n) is 8.08. The van der Waals surface area contributed by atoms with Gasteiger partial charge in [0.25, 0.3) is 0 Å². The Balaban J connectivity index is 0.000000132.